The number of carboxylic acid groups (broad SMARTS) is 1. The molecular weight excluding hydrogens is 344 g/mol. The quantitative estimate of drug-likeness (QED) is 0.798. The second-order valence-electron chi connectivity index (χ2n) is 4.80. The summed E-state index contributed by atoms with van der Waals surface area (Å²) in [5.41, 5.74) is -1.64. The zero-order valence-electron chi connectivity index (χ0n) is 13.2. The van der Waals surface area contributed by atoms with Crippen molar-refractivity contribution in [1.82, 2.24) is 0 Å². The summed E-state index contributed by atoms with van der Waals surface area (Å²) in [7, 11) is 2.12. The van der Waals surface area contributed by atoms with Gasteiger partial charge in [0.2, 0.25) is 0 Å². The van der Waals surface area contributed by atoms with Crippen molar-refractivity contribution in [2.75, 3.05) is 32.5 Å². The lowest BCUT2D eigenvalue weighted by Crippen LogP contribution is -2.39. The maximum Gasteiger partial charge on any atom is 0.355 e. The van der Waals surface area contributed by atoms with Gasteiger partial charge in [-0.3, -0.25) is 0 Å². The Balaban J connectivity index is 2.72. The zero-order valence-corrected chi connectivity index (χ0v) is 13.2. The third-order valence-corrected chi connectivity index (χ3v) is 3.39. The summed E-state index contributed by atoms with van der Waals surface area (Å²) in [6.07, 6.45) is 0. The topological polar surface area (TPSA) is 102 Å². The number of esters is 2. The van der Waals surface area contributed by atoms with E-state index in [9.17, 15) is 28.3 Å². The molecule has 0 bridgehead atoms. The summed E-state index contributed by atoms with van der Waals surface area (Å²) in [4.78, 5) is 36.3. The van der Waals surface area contributed by atoms with Crippen LogP contribution in [0.2, 0.25) is 0 Å². The van der Waals surface area contributed by atoms with E-state index in [1.165, 1.54) is 0 Å². The number of benzene rings is 1. The van der Waals surface area contributed by atoms with E-state index >= 15 is 0 Å². The van der Waals surface area contributed by atoms with Gasteiger partial charge in [-0.2, -0.15) is 0 Å². The summed E-state index contributed by atoms with van der Waals surface area (Å²) < 4.78 is 41.4. The highest BCUT2D eigenvalue weighted by molar-refractivity contribution is 6.05. The number of ether oxygens (including phenoxy) is 3. The van der Waals surface area contributed by atoms with Gasteiger partial charge in [0, 0.05) is 6.07 Å². The number of nitrogens with zero attached hydrogens (tertiary/aromatic N) is 1. The SMILES string of the molecule is COC(=O)C1=C(C(=O)OC)N(c2cc(F)c(F)cc2C(=O)O)COC1. The molecule has 0 aliphatic carbocycles. The van der Waals surface area contributed by atoms with Crippen LogP contribution in [0.15, 0.2) is 23.4 Å². The van der Waals surface area contributed by atoms with Gasteiger partial charge >= 0.3 is 17.9 Å². The van der Waals surface area contributed by atoms with E-state index in [1.807, 2.05) is 0 Å². The molecular formula is C15H13F2NO7. The van der Waals surface area contributed by atoms with Crippen LogP contribution in [0.5, 0.6) is 0 Å². The number of carbonyl (C=O) groups is 3. The van der Waals surface area contributed by atoms with Crippen molar-refractivity contribution >= 4 is 23.6 Å². The second kappa shape index (κ2) is 7.26. The summed E-state index contributed by atoms with van der Waals surface area (Å²) in [6.45, 7) is -0.698. The van der Waals surface area contributed by atoms with Crippen LogP contribution in [0.3, 0.4) is 0 Å². The lowest BCUT2D eigenvalue weighted by Gasteiger charge is -2.32. The van der Waals surface area contributed by atoms with Crippen LogP contribution in [0.1, 0.15) is 10.4 Å². The molecule has 134 valence electrons. The Bertz CT molecular complexity index is 775. The van der Waals surface area contributed by atoms with Crippen LogP contribution in [-0.4, -0.2) is 50.6 Å². The van der Waals surface area contributed by atoms with E-state index in [0.29, 0.717) is 12.1 Å². The Morgan fingerprint density at radius 1 is 1.12 bits per heavy atom. The average molecular weight is 357 g/mol. The van der Waals surface area contributed by atoms with Crippen LogP contribution in [0.4, 0.5) is 14.5 Å². The highest BCUT2D eigenvalue weighted by Gasteiger charge is 2.34. The molecule has 1 heterocycles. The molecule has 0 amide bonds. The zero-order chi connectivity index (χ0) is 18.7. The number of hydrogen-bond acceptors (Lipinski definition) is 7. The fourth-order valence-corrected chi connectivity index (χ4v) is 2.26. The molecule has 0 saturated carbocycles. The summed E-state index contributed by atoms with van der Waals surface area (Å²) in [6, 6.07) is 1.06. The molecule has 0 unspecified atom stereocenters. The lowest BCUT2D eigenvalue weighted by molar-refractivity contribution is -0.140. The van der Waals surface area contributed by atoms with E-state index in [2.05, 4.69) is 9.47 Å². The Morgan fingerprint density at radius 2 is 1.72 bits per heavy atom. The number of carbonyl (C=O) groups excluding carboxylic acids is 2. The second-order valence-corrected chi connectivity index (χ2v) is 4.80. The molecule has 1 aliphatic heterocycles. The van der Waals surface area contributed by atoms with Gasteiger partial charge in [0.1, 0.15) is 12.4 Å². The van der Waals surface area contributed by atoms with Crippen LogP contribution < -0.4 is 4.90 Å². The molecule has 25 heavy (non-hydrogen) atoms. The minimum Gasteiger partial charge on any atom is -0.478 e. The summed E-state index contributed by atoms with van der Waals surface area (Å²) in [5.74, 6) is -6.19. The van der Waals surface area contributed by atoms with Crippen molar-refractivity contribution in [3.8, 4) is 0 Å². The highest BCUT2D eigenvalue weighted by atomic mass is 19.2. The third-order valence-electron chi connectivity index (χ3n) is 3.39. The largest absolute Gasteiger partial charge is 0.478 e. The predicted octanol–water partition coefficient (Wildman–Crippen LogP) is 1.06. The fraction of sp³-hybridized carbons (Fsp3) is 0.267. The molecule has 1 N–H and O–H groups in total. The van der Waals surface area contributed by atoms with Gasteiger partial charge in [-0.1, -0.05) is 0 Å². The maximum absolute atomic E-state index is 13.7. The molecule has 10 heteroatoms. The van der Waals surface area contributed by atoms with E-state index in [1.54, 1.807) is 0 Å². The maximum atomic E-state index is 13.7. The van der Waals surface area contributed by atoms with Gasteiger partial charge in [-0.05, 0) is 6.07 Å². The monoisotopic (exact) mass is 357 g/mol. The fourth-order valence-electron chi connectivity index (χ4n) is 2.26. The van der Waals surface area contributed by atoms with E-state index < -0.39 is 41.8 Å². The first-order chi connectivity index (χ1) is 11.8. The first-order valence-corrected chi connectivity index (χ1v) is 6.79. The number of halogens is 2. The van der Waals surface area contributed by atoms with E-state index in [-0.39, 0.29) is 23.6 Å². The van der Waals surface area contributed by atoms with Crippen molar-refractivity contribution < 1.29 is 42.5 Å². The van der Waals surface area contributed by atoms with Crippen LogP contribution >= 0.6 is 0 Å². The van der Waals surface area contributed by atoms with E-state index in [0.717, 1.165) is 19.1 Å². The van der Waals surface area contributed by atoms with Gasteiger partial charge in [-0.15, -0.1) is 0 Å². The van der Waals surface area contributed by atoms with Crippen molar-refractivity contribution in [2.24, 2.45) is 0 Å². The third kappa shape index (κ3) is 3.43. The Morgan fingerprint density at radius 3 is 2.28 bits per heavy atom. The number of hydrogen-bond donors (Lipinski definition) is 1. The molecule has 2 rings (SSSR count). The van der Waals surface area contributed by atoms with Crippen LogP contribution in [0, 0.1) is 11.6 Å². The normalized spacial score (nSPS) is 14.3. The summed E-state index contributed by atoms with van der Waals surface area (Å²) in [5, 5.41) is 9.23. The highest BCUT2D eigenvalue weighted by Crippen LogP contribution is 2.31. The van der Waals surface area contributed by atoms with Gasteiger partial charge < -0.3 is 24.2 Å². The number of carboxylic acids is 1. The Kier molecular flexibility index (Phi) is 5.32. The van der Waals surface area contributed by atoms with Gasteiger partial charge in [0.05, 0.1) is 37.7 Å². The standard InChI is InChI=1S/C15H13F2NO7/c1-23-14(21)8-5-25-6-18(12(8)15(22)24-2)11-4-10(17)9(16)3-7(11)13(19)20/h3-4H,5-6H2,1-2H3,(H,19,20). The summed E-state index contributed by atoms with van der Waals surface area (Å²) >= 11 is 0. The van der Waals surface area contributed by atoms with E-state index in [4.69, 9.17) is 4.74 Å². The van der Waals surface area contributed by atoms with Gasteiger partial charge in [-0.25, -0.2) is 23.2 Å². The van der Waals surface area contributed by atoms with Crippen molar-refractivity contribution in [1.29, 1.82) is 0 Å². The van der Waals surface area contributed by atoms with Gasteiger partial charge in [0.15, 0.2) is 11.6 Å². The molecule has 0 spiro atoms. The molecule has 0 atom stereocenters. The molecule has 0 fully saturated rings. The average Bonchev–Trinajstić information content (AvgIpc) is 2.61. The van der Waals surface area contributed by atoms with Crippen LogP contribution in [-0.2, 0) is 23.8 Å². The minimum absolute atomic E-state index is 0.248. The molecule has 1 aromatic carbocycles. The van der Waals surface area contributed by atoms with Gasteiger partial charge in [0.25, 0.3) is 0 Å². The van der Waals surface area contributed by atoms with Crippen molar-refractivity contribution in [3.63, 3.8) is 0 Å². The predicted molar refractivity (Wildman–Crippen MR) is 77.7 cm³/mol. The van der Waals surface area contributed by atoms with Crippen molar-refractivity contribution in [3.05, 3.63) is 40.6 Å². The van der Waals surface area contributed by atoms with Crippen LogP contribution in [0.25, 0.3) is 0 Å². The molecule has 0 aromatic heterocycles. The Hall–Kier alpha value is -3.01. The first kappa shape index (κ1) is 18.3. The number of aromatic carboxylic acids is 1. The minimum atomic E-state index is -1.57. The number of methoxy groups -OCH3 is 2. The molecule has 0 radical (unpaired) electrons. The molecule has 1 aliphatic rings. The molecule has 1 aromatic rings. The van der Waals surface area contributed by atoms with Crippen molar-refractivity contribution in [2.45, 2.75) is 0 Å². The number of anilines is 1. The molecule has 0 saturated heterocycles. The molecule has 8 nitrogen and oxygen atoms in total. The smallest absolute Gasteiger partial charge is 0.355 e. The Labute approximate surface area is 140 Å². The number of rotatable bonds is 4. The first-order valence-electron chi connectivity index (χ1n) is 6.79. The lowest BCUT2D eigenvalue weighted by atomic mass is 10.1.